The van der Waals surface area contributed by atoms with Crippen LogP contribution in [0.1, 0.15) is 18.9 Å². The van der Waals surface area contributed by atoms with Gasteiger partial charge in [0.1, 0.15) is 5.75 Å². The van der Waals surface area contributed by atoms with Gasteiger partial charge in [-0.1, -0.05) is 12.1 Å². The van der Waals surface area contributed by atoms with Crippen molar-refractivity contribution in [3.63, 3.8) is 0 Å². The maximum Gasteiger partial charge on any atom is 0.236 e. The van der Waals surface area contributed by atoms with Crippen molar-refractivity contribution in [2.75, 3.05) is 17.1 Å². The summed E-state index contributed by atoms with van der Waals surface area (Å²) in [6, 6.07) is 13.1. The second-order valence-electron chi connectivity index (χ2n) is 6.02. The molecule has 0 aliphatic rings. The molecule has 0 radical (unpaired) electrons. The Hall–Kier alpha value is -2.29. The van der Waals surface area contributed by atoms with E-state index in [2.05, 4.69) is 10.0 Å². The molecule has 0 aliphatic carbocycles. The van der Waals surface area contributed by atoms with Gasteiger partial charge in [-0.3, -0.25) is 9.52 Å². The van der Waals surface area contributed by atoms with Gasteiger partial charge >= 0.3 is 0 Å². The first-order valence-electron chi connectivity index (χ1n) is 8.06. The van der Waals surface area contributed by atoms with Gasteiger partial charge in [0, 0.05) is 23.8 Å². The van der Waals surface area contributed by atoms with E-state index < -0.39 is 10.0 Å². The number of hydrogen-bond acceptors (Lipinski definition) is 5. The molecule has 0 bridgehead atoms. The van der Waals surface area contributed by atoms with E-state index in [1.54, 1.807) is 62.6 Å². The third-order valence-electron chi connectivity index (χ3n) is 3.47. The topological polar surface area (TPSA) is 111 Å². The summed E-state index contributed by atoms with van der Waals surface area (Å²) in [5, 5.41) is 2.72. The lowest BCUT2D eigenvalue weighted by molar-refractivity contribution is -0.116. The van der Waals surface area contributed by atoms with Gasteiger partial charge in [0.15, 0.2) is 0 Å². The molecule has 9 heteroatoms. The van der Waals surface area contributed by atoms with Crippen LogP contribution in [0.2, 0.25) is 0 Å². The van der Waals surface area contributed by atoms with E-state index >= 15 is 0 Å². The molecule has 2 rings (SSSR count). The number of amides is 1. The molecule has 0 fully saturated rings. The lowest BCUT2D eigenvalue weighted by Crippen LogP contribution is -2.23. The third kappa shape index (κ3) is 7.86. The van der Waals surface area contributed by atoms with Crippen LogP contribution >= 0.6 is 12.4 Å². The van der Waals surface area contributed by atoms with Gasteiger partial charge in [-0.2, -0.15) is 0 Å². The van der Waals surface area contributed by atoms with E-state index in [9.17, 15) is 13.2 Å². The van der Waals surface area contributed by atoms with E-state index in [1.807, 2.05) is 0 Å². The smallest absolute Gasteiger partial charge is 0.236 e. The Morgan fingerprint density at radius 3 is 2.15 bits per heavy atom. The molecule has 0 aromatic heterocycles. The molecule has 1 unspecified atom stereocenters. The van der Waals surface area contributed by atoms with Crippen LogP contribution in [0.4, 0.5) is 11.4 Å². The van der Waals surface area contributed by atoms with E-state index in [1.165, 1.54) is 0 Å². The maximum absolute atomic E-state index is 12.3. The summed E-state index contributed by atoms with van der Waals surface area (Å²) >= 11 is 0. The molecule has 0 saturated carbocycles. The molecule has 1 amide bonds. The molecule has 0 aliphatic heterocycles. The van der Waals surface area contributed by atoms with Gasteiger partial charge in [-0.15, -0.1) is 12.4 Å². The summed E-state index contributed by atoms with van der Waals surface area (Å²) in [5.74, 6) is 0.295. The average Bonchev–Trinajstić information content (AvgIpc) is 2.56. The van der Waals surface area contributed by atoms with E-state index in [0.29, 0.717) is 22.7 Å². The molecular weight excluding hydrogens is 390 g/mol. The molecule has 27 heavy (non-hydrogen) atoms. The quantitative estimate of drug-likeness (QED) is 0.616. The minimum Gasteiger partial charge on any atom is -0.497 e. The summed E-state index contributed by atoms with van der Waals surface area (Å²) in [6.07, 6.45) is 0.224. The van der Waals surface area contributed by atoms with Crippen molar-refractivity contribution in [1.82, 2.24) is 0 Å². The van der Waals surface area contributed by atoms with Crippen LogP contribution in [-0.4, -0.2) is 27.5 Å². The van der Waals surface area contributed by atoms with E-state index in [4.69, 9.17) is 10.5 Å². The largest absolute Gasteiger partial charge is 0.497 e. The number of carbonyl (C=O) groups excluding carboxylic acids is 1. The Morgan fingerprint density at radius 1 is 1.07 bits per heavy atom. The van der Waals surface area contributed by atoms with Crippen molar-refractivity contribution in [2.45, 2.75) is 25.1 Å². The normalized spacial score (nSPS) is 11.8. The SMILES string of the molecule is COc1ccc(NS(=O)(=O)Cc2ccc(NC(=O)CC(C)N)cc2)cc1.Cl. The number of nitrogens with two attached hydrogens (primary N) is 1. The predicted octanol–water partition coefficient (Wildman–Crippen LogP) is 2.73. The van der Waals surface area contributed by atoms with Gasteiger partial charge < -0.3 is 15.8 Å². The first kappa shape index (κ1) is 22.8. The molecule has 0 heterocycles. The summed E-state index contributed by atoms with van der Waals surface area (Å²) < 4.78 is 32.1. The molecule has 0 saturated heterocycles. The molecule has 2 aromatic rings. The minimum atomic E-state index is -3.55. The van der Waals surface area contributed by atoms with E-state index in [-0.39, 0.29) is 36.5 Å². The molecule has 0 spiro atoms. The number of rotatable bonds is 8. The molecular formula is C18H24ClN3O4S. The zero-order chi connectivity index (χ0) is 19.2. The Bertz CT molecular complexity index is 838. The number of methoxy groups -OCH3 is 1. The number of carbonyl (C=O) groups is 1. The monoisotopic (exact) mass is 413 g/mol. The third-order valence-corrected chi connectivity index (χ3v) is 4.73. The fourth-order valence-electron chi connectivity index (χ4n) is 2.28. The lowest BCUT2D eigenvalue weighted by atomic mass is 10.2. The Balaban J connectivity index is 0.00000364. The fraction of sp³-hybridized carbons (Fsp3) is 0.278. The Labute approximate surface area is 165 Å². The zero-order valence-corrected chi connectivity index (χ0v) is 16.8. The van der Waals surface area contributed by atoms with Crippen LogP contribution in [0.15, 0.2) is 48.5 Å². The number of sulfonamides is 1. The van der Waals surface area contributed by atoms with Crippen molar-refractivity contribution in [3.05, 3.63) is 54.1 Å². The second kappa shape index (κ2) is 10.1. The van der Waals surface area contributed by atoms with Crippen molar-refractivity contribution in [2.24, 2.45) is 5.73 Å². The summed E-state index contributed by atoms with van der Waals surface area (Å²) in [7, 11) is -2.01. The van der Waals surface area contributed by atoms with Crippen molar-refractivity contribution < 1.29 is 17.9 Å². The van der Waals surface area contributed by atoms with Crippen molar-refractivity contribution in [3.8, 4) is 5.75 Å². The van der Waals surface area contributed by atoms with Gasteiger partial charge in [-0.25, -0.2) is 8.42 Å². The minimum absolute atomic E-state index is 0. The maximum atomic E-state index is 12.3. The number of halogens is 1. The first-order valence-corrected chi connectivity index (χ1v) is 9.71. The highest BCUT2D eigenvalue weighted by Crippen LogP contribution is 2.18. The average molecular weight is 414 g/mol. The predicted molar refractivity (Wildman–Crippen MR) is 110 cm³/mol. The molecule has 148 valence electrons. The standard InChI is InChI=1S/C18H23N3O4S.ClH/c1-13(19)11-18(22)20-15-5-3-14(4-6-15)12-26(23,24)21-16-7-9-17(25-2)10-8-16;/h3-10,13,21H,11-12,19H2,1-2H3,(H,20,22);1H. The van der Waals surface area contributed by atoms with Crippen LogP contribution in [0.25, 0.3) is 0 Å². The van der Waals surface area contributed by atoms with Crippen molar-refractivity contribution >= 4 is 39.7 Å². The van der Waals surface area contributed by atoms with Crippen LogP contribution in [0.5, 0.6) is 5.75 Å². The summed E-state index contributed by atoms with van der Waals surface area (Å²) in [5.41, 5.74) is 7.25. The highest BCUT2D eigenvalue weighted by Gasteiger charge is 2.12. The highest BCUT2D eigenvalue weighted by atomic mass is 35.5. The number of ether oxygens (including phenoxy) is 1. The van der Waals surface area contributed by atoms with Crippen LogP contribution < -0.4 is 20.5 Å². The Kier molecular flexibility index (Phi) is 8.55. The summed E-state index contributed by atoms with van der Waals surface area (Å²) in [4.78, 5) is 11.7. The lowest BCUT2D eigenvalue weighted by Gasteiger charge is -2.10. The van der Waals surface area contributed by atoms with E-state index in [0.717, 1.165) is 0 Å². The number of benzene rings is 2. The van der Waals surface area contributed by atoms with Crippen LogP contribution in [0, 0.1) is 0 Å². The molecule has 1 atom stereocenters. The summed E-state index contributed by atoms with van der Waals surface area (Å²) in [6.45, 7) is 1.75. The van der Waals surface area contributed by atoms with Gasteiger partial charge in [0.25, 0.3) is 0 Å². The first-order chi connectivity index (χ1) is 12.3. The van der Waals surface area contributed by atoms with Crippen LogP contribution in [-0.2, 0) is 20.6 Å². The second-order valence-corrected chi connectivity index (χ2v) is 7.74. The molecule has 7 nitrogen and oxygen atoms in total. The van der Waals surface area contributed by atoms with Gasteiger partial charge in [0.2, 0.25) is 15.9 Å². The van der Waals surface area contributed by atoms with Crippen LogP contribution in [0.3, 0.4) is 0 Å². The number of anilines is 2. The molecule has 4 N–H and O–H groups in total. The zero-order valence-electron chi connectivity index (χ0n) is 15.1. The molecule has 2 aromatic carbocycles. The number of nitrogens with one attached hydrogen (secondary N) is 2. The number of hydrogen-bond donors (Lipinski definition) is 3. The van der Waals surface area contributed by atoms with Crippen molar-refractivity contribution in [1.29, 1.82) is 0 Å². The Morgan fingerprint density at radius 2 is 1.63 bits per heavy atom. The highest BCUT2D eigenvalue weighted by molar-refractivity contribution is 7.91. The fourth-order valence-corrected chi connectivity index (χ4v) is 3.48. The van der Waals surface area contributed by atoms with Gasteiger partial charge in [0.05, 0.1) is 12.9 Å². The van der Waals surface area contributed by atoms with Gasteiger partial charge in [-0.05, 0) is 48.9 Å².